The Bertz CT molecular complexity index is 2370. The number of hydrogen-bond donors (Lipinski definition) is 0. The van der Waals surface area contributed by atoms with Crippen LogP contribution in [0, 0.1) is 0 Å². The van der Waals surface area contributed by atoms with Gasteiger partial charge in [0.2, 0.25) is 0 Å². The van der Waals surface area contributed by atoms with E-state index >= 15 is 0 Å². The molecular weight excluding hydrogens is 532 g/mol. The van der Waals surface area contributed by atoms with E-state index in [0.29, 0.717) is 0 Å². The van der Waals surface area contributed by atoms with Crippen LogP contribution in [0.2, 0.25) is 0 Å². The minimum atomic E-state index is 0.887. The zero-order valence-corrected chi connectivity index (χ0v) is 24.3. The van der Waals surface area contributed by atoms with Gasteiger partial charge in [0.1, 0.15) is 0 Å². The zero-order valence-electron chi connectivity index (χ0n) is 24.3. The molecule has 2 heterocycles. The Labute approximate surface area is 256 Å². The van der Waals surface area contributed by atoms with Crippen molar-refractivity contribution < 1.29 is 0 Å². The highest BCUT2D eigenvalue weighted by Crippen LogP contribution is 2.38. The summed E-state index contributed by atoms with van der Waals surface area (Å²) in [6.07, 6.45) is 17.8. The van der Waals surface area contributed by atoms with Crippen molar-refractivity contribution in [1.29, 1.82) is 0 Å². The molecule has 0 amide bonds. The SMILES string of the molecule is C1=CCc2c(c3c(n2-c2ccccc2)CC=CC(c2ccc4c(c2)c2ccccc2n4-c2ccc4ccccc4c2)=C3)C=C1. The molecule has 0 unspecified atom stereocenters. The first kappa shape index (κ1) is 24.9. The Morgan fingerprint density at radius 2 is 1.25 bits per heavy atom. The van der Waals surface area contributed by atoms with Crippen LogP contribution in [0.5, 0.6) is 0 Å². The van der Waals surface area contributed by atoms with Crippen molar-refractivity contribution in [2.45, 2.75) is 12.8 Å². The lowest BCUT2D eigenvalue weighted by Crippen LogP contribution is -2.04. The van der Waals surface area contributed by atoms with Crippen LogP contribution in [0.3, 0.4) is 0 Å². The number of para-hydroxylation sites is 2. The fraction of sp³-hybridized carbons (Fsp3) is 0.0476. The minimum absolute atomic E-state index is 0.887. The fourth-order valence-corrected chi connectivity index (χ4v) is 7.19. The Kier molecular flexibility index (Phi) is 5.67. The lowest BCUT2D eigenvalue weighted by atomic mass is 9.99. The second-order valence-electron chi connectivity index (χ2n) is 11.7. The molecule has 2 heteroatoms. The molecule has 2 aliphatic carbocycles. The summed E-state index contributed by atoms with van der Waals surface area (Å²) in [6.45, 7) is 0. The molecule has 2 aliphatic rings. The third-order valence-electron chi connectivity index (χ3n) is 9.19. The lowest BCUT2D eigenvalue weighted by Gasteiger charge is -2.12. The molecule has 2 aromatic heterocycles. The van der Waals surface area contributed by atoms with E-state index in [9.17, 15) is 0 Å². The Balaban J connectivity index is 1.23. The predicted molar refractivity (Wildman–Crippen MR) is 187 cm³/mol. The third kappa shape index (κ3) is 3.88. The summed E-state index contributed by atoms with van der Waals surface area (Å²) in [4.78, 5) is 0. The van der Waals surface area contributed by atoms with E-state index in [4.69, 9.17) is 0 Å². The van der Waals surface area contributed by atoms with E-state index < -0.39 is 0 Å². The van der Waals surface area contributed by atoms with Crippen LogP contribution in [-0.4, -0.2) is 9.13 Å². The molecule has 0 fully saturated rings. The molecule has 7 aromatic rings. The van der Waals surface area contributed by atoms with Crippen molar-refractivity contribution >= 4 is 50.3 Å². The second kappa shape index (κ2) is 10.00. The van der Waals surface area contributed by atoms with Gasteiger partial charge in [-0.2, -0.15) is 0 Å². The first-order valence-electron chi connectivity index (χ1n) is 15.4. The number of aromatic nitrogens is 2. The summed E-state index contributed by atoms with van der Waals surface area (Å²) in [7, 11) is 0. The maximum absolute atomic E-state index is 2.48. The highest BCUT2D eigenvalue weighted by atomic mass is 15.0. The van der Waals surface area contributed by atoms with Crippen LogP contribution >= 0.6 is 0 Å². The van der Waals surface area contributed by atoms with Crippen molar-refractivity contribution in [2.24, 2.45) is 0 Å². The van der Waals surface area contributed by atoms with Crippen molar-refractivity contribution in [3.8, 4) is 11.4 Å². The van der Waals surface area contributed by atoms with Gasteiger partial charge in [-0.1, -0.05) is 109 Å². The van der Waals surface area contributed by atoms with Gasteiger partial charge in [0.25, 0.3) is 0 Å². The first-order chi connectivity index (χ1) is 21.8. The smallest absolute Gasteiger partial charge is 0.0541 e. The van der Waals surface area contributed by atoms with E-state index in [2.05, 4.69) is 167 Å². The minimum Gasteiger partial charge on any atom is -0.316 e. The van der Waals surface area contributed by atoms with Gasteiger partial charge in [-0.3, -0.25) is 0 Å². The van der Waals surface area contributed by atoms with Crippen LogP contribution in [0.1, 0.15) is 28.1 Å². The van der Waals surface area contributed by atoms with E-state index in [1.54, 1.807) is 0 Å². The van der Waals surface area contributed by atoms with E-state index in [1.807, 2.05) is 0 Å². The molecule has 0 saturated carbocycles. The highest BCUT2D eigenvalue weighted by molar-refractivity contribution is 6.11. The average molecular weight is 563 g/mol. The second-order valence-corrected chi connectivity index (χ2v) is 11.7. The molecule has 44 heavy (non-hydrogen) atoms. The molecule has 0 N–H and O–H groups in total. The monoisotopic (exact) mass is 562 g/mol. The summed E-state index contributed by atoms with van der Waals surface area (Å²) in [6, 6.07) is 41.9. The molecule has 0 radical (unpaired) electrons. The Hall–Kier alpha value is -5.60. The number of nitrogens with zero attached hydrogens (tertiary/aromatic N) is 2. The number of rotatable bonds is 3. The van der Waals surface area contributed by atoms with Gasteiger partial charge in [-0.25, -0.2) is 0 Å². The Morgan fingerprint density at radius 3 is 2.18 bits per heavy atom. The van der Waals surface area contributed by atoms with E-state index in [1.165, 1.54) is 77.6 Å². The summed E-state index contributed by atoms with van der Waals surface area (Å²) >= 11 is 0. The molecule has 0 aliphatic heterocycles. The molecule has 0 bridgehead atoms. The number of fused-ring (bicyclic) bond motifs is 7. The van der Waals surface area contributed by atoms with Gasteiger partial charge in [-0.05, 0) is 70.4 Å². The normalized spacial score (nSPS) is 14.0. The maximum Gasteiger partial charge on any atom is 0.0541 e. The average Bonchev–Trinajstić information content (AvgIpc) is 3.29. The van der Waals surface area contributed by atoms with Gasteiger partial charge in [0.05, 0.1) is 11.0 Å². The zero-order chi connectivity index (χ0) is 29.0. The van der Waals surface area contributed by atoms with Crippen molar-refractivity contribution in [1.82, 2.24) is 9.13 Å². The lowest BCUT2D eigenvalue weighted by molar-refractivity contribution is 0.908. The fourth-order valence-electron chi connectivity index (χ4n) is 7.19. The van der Waals surface area contributed by atoms with Crippen molar-refractivity contribution in [3.63, 3.8) is 0 Å². The summed E-state index contributed by atoms with van der Waals surface area (Å²) in [5.74, 6) is 0. The van der Waals surface area contributed by atoms with Crippen molar-refractivity contribution in [3.05, 3.63) is 174 Å². The van der Waals surface area contributed by atoms with Crippen LogP contribution in [0.25, 0.3) is 61.7 Å². The maximum atomic E-state index is 2.48. The van der Waals surface area contributed by atoms with Crippen LogP contribution < -0.4 is 0 Å². The molecule has 5 aromatic carbocycles. The van der Waals surface area contributed by atoms with Gasteiger partial charge >= 0.3 is 0 Å². The molecule has 208 valence electrons. The standard InChI is InChI=1S/C42H30N2/c1-3-15-33(16-4-1)43-39-19-6-2-5-17-35(39)37-27-31(14-11-21-41(37)43)32-23-25-42-38(28-32)36-18-9-10-20-40(36)44(42)34-24-22-29-12-7-8-13-30(29)26-34/h1-18,20,22-28H,19,21H2. The van der Waals surface area contributed by atoms with Crippen molar-refractivity contribution in [2.75, 3.05) is 0 Å². The third-order valence-corrected chi connectivity index (χ3v) is 9.19. The van der Waals surface area contributed by atoms with E-state index in [0.717, 1.165) is 12.8 Å². The molecular formula is C42H30N2. The summed E-state index contributed by atoms with van der Waals surface area (Å²) in [5, 5.41) is 5.06. The van der Waals surface area contributed by atoms with Crippen LogP contribution in [-0.2, 0) is 12.8 Å². The van der Waals surface area contributed by atoms with Gasteiger partial charge in [-0.15, -0.1) is 0 Å². The Morgan fingerprint density at radius 1 is 0.477 bits per heavy atom. The van der Waals surface area contributed by atoms with Gasteiger partial charge < -0.3 is 9.13 Å². The van der Waals surface area contributed by atoms with E-state index in [-0.39, 0.29) is 0 Å². The summed E-state index contributed by atoms with van der Waals surface area (Å²) < 4.78 is 4.89. The number of benzene rings is 5. The number of allylic oxidation sites excluding steroid dienone is 6. The van der Waals surface area contributed by atoms with Gasteiger partial charge in [0.15, 0.2) is 0 Å². The molecule has 9 rings (SSSR count). The molecule has 0 atom stereocenters. The topological polar surface area (TPSA) is 9.86 Å². The summed E-state index contributed by atoms with van der Waals surface area (Å²) in [5.41, 5.74) is 12.7. The largest absolute Gasteiger partial charge is 0.316 e. The first-order valence-corrected chi connectivity index (χ1v) is 15.4. The van der Waals surface area contributed by atoms with Gasteiger partial charge in [0, 0.05) is 57.5 Å². The van der Waals surface area contributed by atoms with Crippen LogP contribution in [0.15, 0.2) is 146 Å². The molecule has 0 saturated heterocycles. The van der Waals surface area contributed by atoms with Crippen LogP contribution in [0.4, 0.5) is 0 Å². The molecule has 0 spiro atoms. The number of hydrogen-bond acceptors (Lipinski definition) is 0. The highest BCUT2D eigenvalue weighted by Gasteiger charge is 2.22. The predicted octanol–water partition coefficient (Wildman–Crippen LogP) is 10.5. The quantitative estimate of drug-likeness (QED) is 0.203. The molecule has 2 nitrogen and oxygen atoms in total.